The second kappa shape index (κ2) is 7.07. The predicted octanol–water partition coefficient (Wildman–Crippen LogP) is 3.26. The summed E-state index contributed by atoms with van der Waals surface area (Å²) in [6.07, 6.45) is 4.49. The maximum absolute atomic E-state index is 5.82. The highest BCUT2D eigenvalue weighted by molar-refractivity contribution is 7.80. The highest BCUT2D eigenvalue weighted by Crippen LogP contribution is 2.13. The van der Waals surface area contributed by atoms with Crippen molar-refractivity contribution in [2.45, 2.75) is 6.42 Å². The molecule has 0 radical (unpaired) electrons. The van der Waals surface area contributed by atoms with E-state index in [0.717, 1.165) is 18.7 Å². The summed E-state index contributed by atoms with van der Waals surface area (Å²) in [5, 5.41) is 7.58. The molecule has 2 N–H and O–H groups in total. The van der Waals surface area contributed by atoms with Gasteiger partial charge in [0.2, 0.25) is 0 Å². The first-order chi connectivity index (χ1) is 9.24. The minimum atomic E-state index is 0.608. The molecule has 1 aromatic heterocycles. The summed E-state index contributed by atoms with van der Waals surface area (Å²) in [7, 11) is 0. The van der Waals surface area contributed by atoms with Crippen LogP contribution in [0.3, 0.4) is 0 Å². The second-order valence-corrected chi connectivity index (χ2v) is 4.84. The van der Waals surface area contributed by atoms with Crippen LogP contribution in [0.2, 0.25) is 5.02 Å². The Morgan fingerprint density at radius 2 is 1.79 bits per heavy atom. The summed E-state index contributed by atoms with van der Waals surface area (Å²) in [5.74, 6) is 0. The topological polar surface area (TPSA) is 37.0 Å². The summed E-state index contributed by atoms with van der Waals surface area (Å²) in [5.41, 5.74) is 2.16. The van der Waals surface area contributed by atoms with Crippen molar-refractivity contribution in [1.29, 1.82) is 0 Å². The number of hydrogen-bond donors (Lipinski definition) is 2. The fourth-order valence-electron chi connectivity index (χ4n) is 1.58. The van der Waals surface area contributed by atoms with Crippen LogP contribution in [0.4, 0.5) is 5.69 Å². The van der Waals surface area contributed by atoms with Crippen LogP contribution in [-0.4, -0.2) is 16.6 Å². The number of anilines is 1. The smallest absolute Gasteiger partial charge is 0.170 e. The van der Waals surface area contributed by atoms with Crippen LogP contribution in [0, 0.1) is 0 Å². The van der Waals surface area contributed by atoms with Gasteiger partial charge in [-0.1, -0.05) is 11.6 Å². The van der Waals surface area contributed by atoms with Crippen LogP contribution < -0.4 is 10.6 Å². The van der Waals surface area contributed by atoms with Gasteiger partial charge in [0.15, 0.2) is 5.11 Å². The van der Waals surface area contributed by atoms with Crippen molar-refractivity contribution in [3.05, 3.63) is 59.4 Å². The van der Waals surface area contributed by atoms with E-state index in [1.54, 1.807) is 12.4 Å². The molecule has 0 spiro atoms. The Balaban J connectivity index is 1.74. The van der Waals surface area contributed by atoms with E-state index in [4.69, 9.17) is 23.8 Å². The average Bonchev–Trinajstić information content (AvgIpc) is 2.43. The number of halogens is 1. The van der Waals surface area contributed by atoms with Gasteiger partial charge in [0, 0.05) is 29.6 Å². The van der Waals surface area contributed by atoms with E-state index in [9.17, 15) is 0 Å². The number of rotatable bonds is 4. The number of benzene rings is 1. The Labute approximate surface area is 123 Å². The molecule has 2 aromatic rings. The zero-order chi connectivity index (χ0) is 13.5. The van der Waals surface area contributed by atoms with Gasteiger partial charge in [0.05, 0.1) is 0 Å². The molecule has 0 aliphatic carbocycles. The first-order valence-electron chi connectivity index (χ1n) is 5.93. The zero-order valence-electron chi connectivity index (χ0n) is 10.3. The molecule has 0 atom stereocenters. The Bertz CT molecular complexity index is 528. The molecule has 3 nitrogen and oxygen atoms in total. The fourth-order valence-corrected chi connectivity index (χ4v) is 1.92. The second-order valence-electron chi connectivity index (χ2n) is 3.99. The highest BCUT2D eigenvalue weighted by Gasteiger charge is 1.98. The van der Waals surface area contributed by atoms with Crippen molar-refractivity contribution in [2.75, 3.05) is 11.9 Å². The minimum Gasteiger partial charge on any atom is -0.362 e. The molecular weight excluding hydrogens is 278 g/mol. The lowest BCUT2D eigenvalue weighted by Crippen LogP contribution is -2.30. The molecule has 0 amide bonds. The summed E-state index contributed by atoms with van der Waals surface area (Å²) >= 11 is 11.0. The molecule has 0 fully saturated rings. The van der Waals surface area contributed by atoms with Crippen LogP contribution in [0.15, 0.2) is 48.8 Å². The molecule has 1 heterocycles. The molecule has 98 valence electrons. The standard InChI is InChI=1S/C14H14ClN3S/c15-12-1-3-13(4-2-12)18-14(19)17-10-7-11-5-8-16-9-6-11/h1-6,8-9H,7,10H2,(H2,17,18,19). The Kier molecular flexibility index (Phi) is 5.12. The van der Waals surface area contributed by atoms with Gasteiger partial charge in [-0.25, -0.2) is 0 Å². The summed E-state index contributed by atoms with van der Waals surface area (Å²) in [6.45, 7) is 0.781. The first-order valence-corrected chi connectivity index (χ1v) is 6.72. The van der Waals surface area contributed by atoms with Crippen LogP contribution in [0.1, 0.15) is 5.56 Å². The van der Waals surface area contributed by atoms with Crippen molar-refractivity contribution in [3.63, 3.8) is 0 Å². The molecule has 19 heavy (non-hydrogen) atoms. The van der Waals surface area contributed by atoms with E-state index in [0.29, 0.717) is 10.1 Å². The molecule has 0 unspecified atom stereocenters. The van der Waals surface area contributed by atoms with Crippen LogP contribution >= 0.6 is 23.8 Å². The van der Waals surface area contributed by atoms with Crippen LogP contribution in [0.25, 0.3) is 0 Å². The Morgan fingerprint density at radius 1 is 1.11 bits per heavy atom. The number of aromatic nitrogens is 1. The van der Waals surface area contributed by atoms with E-state index in [1.807, 2.05) is 36.4 Å². The molecule has 0 aliphatic rings. The van der Waals surface area contributed by atoms with Crippen molar-refractivity contribution < 1.29 is 0 Å². The Morgan fingerprint density at radius 3 is 2.47 bits per heavy atom. The first kappa shape index (κ1) is 13.8. The van der Waals surface area contributed by atoms with Gasteiger partial charge in [-0.15, -0.1) is 0 Å². The molecular formula is C14H14ClN3S. The predicted molar refractivity (Wildman–Crippen MR) is 83.6 cm³/mol. The van der Waals surface area contributed by atoms with Crippen molar-refractivity contribution in [3.8, 4) is 0 Å². The molecule has 5 heteroatoms. The summed E-state index contributed by atoms with van der Waals surface area (Å²) < 4.78 is 0. The third-order valence-corrected chi connectivity index (χ3v) is 3.05. The third kappa shape index (κ3) is 4.85. The number of nitrogens with zero attached hydrogens (tertiary/aromatic N) is 1. The van der Waals surface area contributed by atoms with Gasteiger partial charge >= 0.3 is 0 Å². The molecule has 2 rings (SSSR count). The van der Waals surface area contributed by atoms with Gasteiger partial charge in [-0.2, -0.15) is 0 Å². The van der Waals surface area contributed by atoms with Crippen molar-refractivity contribution in [2.24, 2.45) is 0 Å². The number of thiocarbonyl (C=S) groups is 1. The van der Waals surface area contributed by atoms with Crippen molar-refractivity contribution in [1.82, 2.24) is 10.3 Å². The lowest BCUT2D eigenvalue weighted by atomic mass is 10.2. The third-order valence-electron chi connectivity index (χ3n) is 2.55. The lowest BCUT2D eigenvalue weighted by molar-refractivity contribution is 0.871. The minimum absolute atomic E-state index is 0.608. The number of pyridine rings is 1. The number of hydrogen-bond acceptors (Lipinski definition) is 2. The van der Waals surface area contributed by atoms with E-state index in [1.165, 1.54) is 5.56 Å². The van der Waals surface area contributed by atoms with Crippen LogP contribution in [-0.2, 0) is 6.42 Å². The van der Waals surface area contributed by atoms with E-state index >= 15 is 0 Å². The monoisotopic (exact) mass is 291 g/mol. The zero-order valence-corrected chi connectivity index (χ0v) is 11.8. The largest absolute Gasteiger partial charge is 0.362 e. The van der Waals surface area contributed by atoms with Gasteiger partial charge in [0.1, 0.15) is 0 Å². The average molecular weight is 292 g/mol. The van der Waals surface area contributed by atoms with Gasteiger partial charge in [0.25, 0.3) is 0 Å². The molecule has 1 aromatic carbocycles. The number of nitrogens with one attached hydrogen (secondary N) is 2. The van der Waals surface area contributed by atoms with E-state index in [2.05, 4.69) is 15.6 Å². The van der Waals surface area contributed by atoms with Crippen LogP contribution in [0.5, 0.6) is 0 Å². The molecule has 0 saturated heterocycles. The van der Waals surface area contributed by atoms with Gasteiger partial charge in [-0.3, -0.25) is 4.98 Å². The van der Waals surface area contributed by atoms with E-state index < -0.39 is 0 Å². The maximum Gasteiger partial charge on any atom is 0.170 e. The van der Waals surface area contributed by atoms with Crippen molar-refractivity contribution >= 4 is 34.6 Å². The Hall–Kier alpha value is -1.65. The lowest BCUT2D eigenvalue weighted by Gasteiger charge is -2.10. The van der Waals surface area contributed by atoms with Gasteiger partial charge in [-0.05, 0) is 60.6 Å². The van der Waals surface area contributed by atoms with Gasteiger partial charge < -0.3 is 10.6 Å². The normalized spacial score (nSPS) is 9.95. The molecule has 0 aliphatic heterocycles. The summed E-state index contributed by atoms with van der Waals surface area (Å²) in [6, 6.07) is 11.4. The fraction of sp³-hybridized carbons (Fsp3) is 0.143. The molecule has 0 saturated carbocycles. The molecule has 0 bridgehead atoms. The SMILES string of the molecule is S=C(NCCc1ccncc1)Nc1ccc(Cl)cc1. The maximum atomic E-state index is 5.82. The van der Waals surface area contributed by atoms with E-state index in [-0.39, 0.29) is 0 Å². The summed E-state index contributed by atoms with van der Waals surface area (Å²) in [4.78, 5) is 3.98. The highest BCUT2D eigenvalue weighted by atomic mass is 35.5. The quantitative estimate of drug-likeness (QED) is 0.848.